The second-order valence-corrected chi connectivity index (χ2v) is 6.00. The van der Waals surface area contributed by atoms with Gasteiger partial charge in [0.2, 0.25) is 6.10 Å². The van der Waals surface area contributed by atoms with E-state index in [1.807, 2.05) is 43.3 Å². The van der Waals surface area contributed by atoms with Crippen LogP contribution in [0.4, 0.5) is 5.69 Å². The summed E-state index contributed by atoms with van der Waals surface area (Å²) in [6.07, 6.45) is -1.15. The molecule has 8 heteroatoms. The Hall–Kier alpha value is -3.42. The molecule has 4 rings (SSSR count). The van der Waals surface area contributed by atoms with Gasteiger partial charge in [-0.2, -0.15) is 0 Å². The number of benzene rings is 2. The molecular formula is C18H17N5O3. The van der Waals surface area contributed by atoms with Gasteiger partial charge in [-0.05, 0) is 41.6 Å². The van der Waals surface area contributed by atoms with E-state index in [2.05, 4.69) is 20.8 Å². The Kier molecular flexibility index (Phi) is 4.00. The molecule has 0 saturated carbocycles. The van der Waals surface area contributed by atoms with Crippen molar-refractivity contribution >= 4 is 11.6 Å². The number of nitrogens with zero attached hydrogens (tertiary/aromatic N) is 4. The van der Waals surface area contributed by atoms with Crippen LogP contribution in [0, 0.1) is 0 Å². The average Bonchev–Trinajstić information content (AvgIpc) is 3.07. The highest BCUT2D eigenvalue weighted by molar-refractivity contribution is 5.95. The molecule has 0 spiro atoms. The highest BCUT2D eigenvalue weighted by atomic mass is 16.6. The number of carbonyl (C=O) groups is 1. The second kappa shape index (κ2) is 6.47. The third-order valence-electron chi connectivity index (χ3n) is 4.11. The van der Waals surface area contributed by atoms with E-state index in [4.69, 9.17) is 9.47 Å². The van der Waals surface area contributed by atoms with E-state index >= 15 is 0 Å². The Balaban J connectivity index is 1.53. The van der Waals surface area contributed by atoms with Crippen LogP contribution in [0.15, 0.2) is 48.5 Å². The van der Waals surface area contributed by atoms with Crippen molar-refractivity contribution in [3.05, 3.63) is 48.5 Å². The van der Waals surface area contributed by atoms with E-state index < -0.39 is 12.2 Å². The Morgan fingerprint density at radius 3 is 2.62 bits per heavy atom. The molecule has 0 bridgehead atoms. The van der Waals surface area contributed by atoms with Gasteiger partial charge in [-0.3, -0.25) is 4.79 Å². The molecule has 132 valence electrons. The number of aryl methyl sites for hydroxylation is 1. The van der Waals surface area contributed by atoms with Crippen molar-refractivity contribution in [2.45, 2.75) is 19.1 Å². The van der Waals surface area contributed by atoms with Gasteiger partial charge in [0.1, 0.15) is 6.10 Å². The zero-order chi connectivity index (χ0) is 18.1. The summed E-state index contributed by atoms with van der Waals surface area (Å²) >= 11 is 0. The van der Waals surface area contributed by atoms with Crippen LogP contribution in [0.2, 0.25) is 0 Å². The number of carbonyl (C=O) groups excluding carboxylic acids is 1. The molecule has 0 radical (unpaired) electrons. The van der Waals surface area contributed by atoms with Crippen molar-refractivity contribution < 1.29 is 14.3 Å². The molecule has 0 aliphatic carbocycles. The van der Waals surface area contributed by atoms with Gasteiger partial charge >= 0.3 is 0 Å². The molecule has 0 saturated heterocycles. The molecule has 1 amide bonds. The van der Waals surface area contributed by atoms with E-state index in [1.54, 1.807) is 23.9 Å². The normalized spacial score (nSPS) is 18.4. The highest BCUT2D eigenvalue weighted by Crippen LogP contribution is 2.33. The highest BCUT2D eigenvalue weighted by Gasteiger charge is 2.34. The van der Waals surface area contributed by atoms with Crippen LogP contribution in [0.25, 0.3) is 11.4 Å². The van der Waals surface area contributed by atoms with Crippen molar-refractivity contribution in [1.29, 1.82) is 0 Å². The van der Waals surface area contributed by atoms with Crippen molar-refractivity contribution in [2.24, 2.45) is 7.05 Å². The lowest BCUT2D eigenvalue weighted by atomic mass is 10.1. The maximum absolute atomic E-state index is 12.7. The SMILES string of the molecule is C[C@H]1Oc2ccccc2O[C@@H]1C(=O)Nc1cccc(-c2nnnn2C)c1. The summed E-state index contributed by atoms with van der Waals surface area (Å²) < 4.78 is 13.2. The van der Waals surface area contributed by atoms with E-state index in [-0.39, 0.29) is 5.91 Å². The summed E-state index contributed by atoms with van der Waals surface area (Å²) in [6, 6.07) is 14.6. The first-order valence-corrected chi connectivity index (χ1v) is 8.18. The van der Waals surface area contributed by atoms with Crippen LogP contribution < -0.4 is 14.8 Å². The first-order valence-electron chi connectivity index (χ1n) is 8.18. The van der Waals surface area contributed by atoms with Crippen LogP contribution in [0.5, 0.6) is 11.5 Å². The Labute approximate surface area is 149 Å². The van der Waals surface area contributed by atoms with E-state index in [0.717, 1.165) is 5.56 Å². The largest absolute Gasteiger partial charge is 0.482 e. The first kappa shape index (κ1) is 16.1. The Morgan fingerprint density at radius 1 is 1.12 bits per heavy atom. The average molecular weight is 351 g/mol. The lowest BCUT2D eigenvalue weighted by molar-refractivity contribution is -0.128. The zero-order valence-electron chi connectivity index (χ0n) is 14.3. The van der Waals surface area contributed by atoms with E-state index in [1.165, 1.54) is 0 Å². The summed E-state index contributed by atoms with van der Waals surface area (Å²) in [4.78, 5) is 12.7. The number of tetrazole rings is 1. The molecule has 1 N–H and O–H groups in total. The monoisotopic (exact) mass is 351 g/mol. The summed E-state index contributed by atoms with van der Waals surface area (Å²) in [6.45, 7) is 1.81. The number of amides is 1. The molecule has 1 aliphatic rings. The molecule has 26 heavy (non-hydrogen) atoms. The minimum atomic E-state index is -0.745. The van der Waals surface area contributed by atoms with Crippen LogP contribution in [-0.2, 0) is 11.8 Å². The van der Waals surface area contributed by atoms with Gasteiger partial charge in [-0.25, -0.2) is 4.68 Å². The minimum Gasteiger partial charge on any atom is -0.482 e. The van der Waals surface area contributed by atoms with E-state index in [0.29, 0.717) is 23.0 Å². The van der Waals surface area contributed by atoms with E-state index in [9.17, 15) is 4.79 Å². The van der Waals surface area contributed by atoms with Crippen LogP contribution in [-0.4, -0.2) is 38.3 Å². The number of aromatic nitrogens is 4. The lowest BCUT2D eigenvalue weighted by Crippen LogP contribution is -2.46. The number of para-hydroxylation sites is 2. The topological polar surface area (TPSA) is 91.2 Å². The summed E-state index contributed by atoms with van der Waals surface area (Å²) in [7, 11) is 1.76. The number of fused-ring (bicyclic) bond motifs is 1. The van der Waals surface area contributed by atoms with Crippen LogP contribution in [0.1, 0.15) is 6.92 Å². The first-order chi connectivity index (χ1) is 12.6. The van der Waals surface area contributed by atoms with Gasteiger partial charge in [-0.15, -0.1) is 5.10 Å². The van der Waals surface area contributed by atoms with Crippen molar-refractivity contribution in [3.8, 4) is 22.9 Å². The fraction of sp³-hybridized carbons (Fsp3) is 0.222. The Bertz CT molecular complexity index is 955. The number of anilines is 1. The number of ether oxygens (including phenoxy) is 2. The van der Waals surface area contributed by atoms with Crippen LogP contribution in [0.3, 0.4) is 0 Å². The van der Waals surface area contributed by atoms with Gasteiger partial charge in [0.25, 0.3) is 5.91 Å². The number of nitrogens with one attached hydrogen (secondary N) is 1. The summed E-state index contributed by atoms with van der Waals surface area (Å²) in [5.74, 6) is 1.53. The Morgan fingerprint density at radius 2 is 1.88 bits per heavy atom. The van der Waals surface area contributed by atoms with Crippen molar-refractivity contribution in [3.63, 3.8) is 0 Å². The van der Waals surface area contributed by atoms with Crippen molar-refractivity contribution in [1.82, 2.24) is 20.2 Å². The van der Waals surface area contributed by atoms with Gasteiger partial charge < -0.3 is 14.8 Å². The van der Waals surface area contributed by atoms with Gasteiger partial charge in [0.15, 0.2) is 17.3 Å². The fourth-order valence-corrected chi connectivity index (χ4v) is 2.83. The predicted octanol–water partition coefficient (Wildman–Crippen LogP) is 2.04. The quantitative estimate of drug-likeness (QED) is 0.776. The molecule has 2 aromatic carbocycles. The molecule has 1 aliphatic heterocycles. The molecule has 2 atom stereocenters. The molecule has 0 unspecified atom stereocenters. The molecule has 2 heterocycles. The number of hydrogen-bond donors (Lipinski definition) is 1. The maximum Gasteiger partial charge on any atom is 0.269 e. The zero-order valence-corrected chi connectivity index (χ0v) is 14.3. The predicted molar refractivity (Wildman–Crippen MR) is 93.8 cm³/mol. The third kappa shape index (κ3) is 2.97. The smallest absolute Gasteiger partial charge is 0.269 e. The number of rotatable bonds is 3. The van der Waals surface area contributed by atoms with Gasteiger partial charge in [-0.1, -0.05) is 24.3 Å². The van der Waals surface area contributed by atoms with Gasteiger partial charge in [0, 0.05) is 18.3 Å². The summed E-state index contributed by atoms with van der Waals surface area (Å²) in [5, 5.41) is 14.3. The molecule has 1 aromatic heterocycles. The number of hydrogen-bond acceptors (Lipinski definition) is 6. The molecule has 3 aromatic rings. The lowest BCUT2D eigenvalue weighted by Gasteiger charge is -2.31. The second-order valence-electron chi connectivity index (χ2n) is 6.00. The molecular weight excluding hydrogens is 334 g/mol. The maximum atomic E-state index is 12.7. The summed E-state index contributed by atoms with van der Waals surface area (Å²) in [5.41, 5.74) is 1.43. The van der Waals surface area contributed by atoms with Crippen LogP contribution >= 0.6 is 0 Å². The molecule has 8 nitrogen and oxygen atoms in total. The molecule has 0 fully saturated rings. The van der Waals surface area contributed by atoms with Gasteiger partial charge in [0.05, 0.1) is 0 Å². The minimum absolute atomic E-state index is 0.278. The third-order valence-corrected chi connectivity index (χ3v) is 4.11. The van der Waals surface area contributed by atoms with Crippen molar-refractivity contribution in [2.75, 3.05) is 5.32 Å². The fourth-order valence-electron chi connectivity index (χ4n) is 2.83. The standard InChI is InChI=1S/C18H17N5O3/c1-11-16(26-15-9-4-3-8-14(15)25-11)18(24)19-13-7-5-6-12(10-13)17-20-21-22-23(17)2/h3-11,16H,1-2H3,(H,19,24)/t11-,16+/m1/s1.